The van der Waals surface area contributed by atoms with Gasteiger partial charge in [0, 0.05) is 10.6 Å². The first-order valence-corrected chi connectivity index (χ1v) is 4.64. The largest absolute Gasteiger partial charge is 0.384 e. The quantitative estimate of drug-likeness (QED) is 0.611. The molecule has 1 aromatic carbocycles. The van der Waals surface area contributed by atoms with Crippen molar-refractivity contribution in [1.82, 2.24) is 0 Å². The molecule has 0 radical (unpaired) electrons. The van der Waals surface area contributed by atoms with Crippen LogP contribution in [0.1, 0.15) is 11.7 Å². The van der Waals surface area contributed by atoms with Crippen LogP contribution in [0.5, 0.6) is 0 Å². The van der Waals surface area contributed by atoms with Crippen molar-refractivity contribution in [2.24, 2.45) is 0 Å². The van der Waals surface area contributed by atoms with Crippen LogP contribution in [0.2, 0.25) is 15.1 Å². The summed E-state index contributed by atoms with van der Waals surface area (Å²) in [5.74, 6) is 0. The van der Waals surface area contributed by atoms with Crippen molar-refractivity contribution in [3.8, 4) is 0 Å². The molecule has 0 aromatic heterocycles. The Morgan fingerprint density at radius 3 is 2.23 bits per heavy atom. The molecule has 0 fully saturated rings. The van der Waals surface area contributed by atoms with Crippen LogP contribution in [0.25, 0.3) is 0 Å². The van der Waals surface area contributed by atoms with Gasteiger partial charge in [-0.2, -0.15) is 0 Å². The molecule has 1 atom stereocenters. The fourth-order valence-corrected chi connectivity index (χ4v) is 1.56. The molecular weight excluding hydrogens is 230 g/mol. The van der Waals surface area contributed by atoms with E-state index in [4.69, 9.17) is 34.8 Å². The van der Waals surface area contributed by atoms with E-state index in [-0.39, 0.29) is 0 Å². The Morgan fingerprint density at radius 1 is 1.15 bits per heavy atom. The van der Waals surface area contributed by atoms with Crippen LogP contribution in [0, 0.1) is 0 Å². The van der Waals surface area contributed by atoms with Crippen LogP contribution < -0.4 is 0 Å². The average molecular weight is 238 g/mol. The van der Waals surface area contributed by atoms with Gasteiger partial charge < -0.3 is 5.11 Å². The molecule has 1 aromatic rings. The summed E-state index contributed by atoms with van der Waals surface area (Å²) in [6.07, 6.45) is 0.549. The van der Waals surface area contributed by atoms with Crippen molar-refractivity contribution in [1.29, 1.82) is 0 Å². The van der Waals surface area contributed by atoms with Crippen LogP contribution in [-0.4, -0.2) is 5.11 Å². The maximum Gasteiger partial charge on any atom is 0.0984 e. The fourth-order valence-electron chi connectivity index (χ4n) is 0.892. The fraction of sp³-hybridized carbons (Fsp3) is 0.111. The lowest BCUT2D eigenvalue weighted by Crippen LogP contribution is -1.93. The van der Waals surface area contributed by atoms with Crippen molar-refractivity contribution in [2.45, 2.75) is 6.10 Å². The molecule has 0 bridgehead atoms. The van der Waals surface area contributed by atoms with Gasteiger partial charge in [0.25, 0.3) is 0 Å². The Balaban J connectivity index is 3.22. The van der Waals surface area contributed by atoms with Crippen LogP contribution in [0.4, 0.5) is 0 Å². The van der Waals surface area contributed by atoms with E-state index in [0.717, 1.165) is 0 Å². The topological polar surface area (TPSA) is 20.2 Å². The number of rotatable bonds is 2. The molecule has 0 saturated carbocycles. The number of halogens is 3. The van der Waals surface area contributed by atoms with Gasteiger partial charge in [-0.1, -0.05) is 40.9 Å². The molecule has 1 nitrogen and oxygen atoms in total. The first kappa shape index (κ1) is 10.9. The molecule has 0 spiro atoms. The number of aliphatic hydroxyl groups is 1. The molecule has 0 amide bonds. The summed E-state index contributed by atoms with van der Waals surface area (Å²) in [6.45, 7) is 3.45. The molecule has 0 heterocycles. The van der Waals surface area contributed by atoms with Crippen molar-refractivity contribution >= 4 is 34.8 Å². The molecule has 1 unspecified atom stereocenters. The number of aliphatic hydroxyl groups excluding tert-OH is 1. The summed E-state index contributed by atoms with van der Waals surface area (Å²) >= 11 is 17.3. The van der Waals surface area contributed by atoms with E-state index in [0.29, 0.717) is 20.6 Å². The minimum Gasteiger partial charge on any atom is -0.384 e. The third-order valence-corrected chi connectivity index (χ3v) is 2.63. The highest BCUT2D eigenvalue weighted by molar-refractivity contribution is 6.43. The Kier molecular flexibility index (Phi) is 3.63. The van der Waals surface area contributed by atoms with E-state index >= 15 is 0 Å². The molecular formula is C9H7Cl3O. The van der Waals surface area contributed by atoms with Gasteiger partial charge in [0.1, 0.15) is 0 Å². The minimum atomic E-state index is -0.817. The van der Waals surface area contributed by atoms with Crippen molar-refractivity contribution in [3.63, 3.8) is 0 Å². The highest BCUT2D eigenvalue weighted by Crippen LogP contribution is 2.32. The maximum atomic E-state index is 9.42. The number of hydrogen-bond donors (Lipinski definition) is 1. The second-order valence-corrected chi connectivity index (χ2v) is 3.69. The van der Waals surface area contributed by atoms with Crippen molar-refractivity contribution in [3.05, 3.63) is 45.4 Å². The second kappa shape index (κ2) is 4.34. The highest BCUT2D eigenvalue weighted by atomic mass is 35.5. The van der Waals surface area contributed by atoms with Gasteiger partial charge in [-0.15, -0.1) is 6.58 Å². The summed E-state index contributed by atoms with van der Waals surface area (Å²) in [6, 6.07) is 3.02. The zero-order valence-corrected chi connectivity index (χ0v) is 8.87. The van der Waals surface area contributed by atoms with E-state index in [2.05, 4.69) is 6.58 Å². The predicted molar refractivity (Wildman–Crippen MR) is 56.6 cm³/mol. The van der Waals surface area contributed by atoms with Gasteiger partial charge >= 0.3 is 0 Å². The smallest absolute Gasteiger partial charge is 0.0984 e. The second-order valence-electron chi connectivity index (χ2n) is 2.47. The summed E-state index contributed by atoms with van der Waals surface area (Å²) in [7, 11) is 0. The van der Waals surface area contributed by atoms with Gasteiger partial charge in [-0.05, 0) is 12.1 Å². The monoisotopic (exact) mass is 236 g/mol. The molecule has 70 valence electrons. The Labute approximate surface area is 91.5 Å². The van der Waals surface area contributed by atoms with E-state index < -0.39 is 6.10 Å². The van der Waals surface area contributed by atoms with E-state index in [9.17, 15) is 5.11 Å². The average Bonchev–Trinajstić information content (AvgIpc) is 2.10. The van der Waals surface area contributed by atoms with Crippen LogP contribution in [-0.2, 0) is 0 Å². The minimum absolute atomic E-state index is 0.363. The van der Waals surface area contributed by atoms with E-state index in [1.807, 2.05) is 0 Å². The van der Waals surface area contributed by atoms with Gasteiger partial charge in [0.05, 0.1) is 16.1 Å². The third kappa shape index (κ3) is 2.38. The molecule has 13 heavy (non-hydrogen) atoms. The highest BCUT2D eigenvalue weighted by Gasteiger charge is 2.10. The van der Waals surface area contributed by atoms with Gasteiger partial charge in [0.2, 0.25) is 0 Å². The van der Waals surface area contributed by atoms with E-state index in [1.165, 1.54) is 18.2 Å². The van der Waals surface area contributed by atoms with Gasteiger partial charge in [0.15, 0.2) is 0 Å². The Morgan fingerprint density at radius 2 is 1.69 bits per heavy atom. The number of benzene rings is 1. The van der Waals surface area contributed by atoms with E-state index in [1.54, 1.807) is 0 Å². The first-order valence-electron chi connectivity index (χ1n) is 3.51. The number of hydrogen-bond acceptors (Lipinski definition) is 1. The zero-order valence-electron chi connectivity index (χ0n) is 6.60. The first-order chi connectivity index (χ1) is 6.06. The Bertz CT molecular complexity index is 336. The van der Waals surface area contributed by atoms with Crippen LogP contribution in [0.3, 0.4) is 0 Å². The van der Waals surface area contributed by atoms with Gasteiger partial charge in [-0.25, -0.2) is 0 Å². The summed E-state index contributed by atoms with van der Waals surface area (Å²) < 4.78 is 0. The molecule has 0 aliphatic rings. The lowest BCUT2D eigenvalue weighted by molar-refractivity contribution is 0.229. The summed E-state index contributed by atoms with van der Waals surface area (Å²) in [5, 5.41) is 10.5. The zero-order chi connectivity index (χ0) is 10.0. The van der Waals surface area contributed by atoms with Crippen molar-refractivity contribution < 1.29 is 5.11 Å². The molecule has 1 N–H and O–H groups in total. The third-order valence-electron chi connectivity index (χ3n) is 1.58. The summed E-state index contributed by atoms with van der Waals surface area (Å²) in [5.41, 5.74) is 0.506. The molecule has 0 aliphatic heterocycles. The molecule has 0 saturated heterocycles. The maximum absolute atomic E-state index is 9.42. The standard InChI is InChI=1S/C9H7Cl3O/c1-2-9(13)5-3-7(11)8(12)4-6(5)10/h2-4,9,13H,1H2. The normalized spacial score (nSPS) is 12.6. The van der Waals surface area contributed by atoms with Crippen LogP contribution >= 0.6 is 34.8 Å². The van der Waals surface area contributed by atoms with Crippen LogP contribution in [0.15, 0.2) is 24.8 Å². The van der Waals surface area contributed by atoms with Gasteiger partial charge in [-0.3, -0.25) is 0 Å². The lowest BCUT2D eigenvalue weighted by Gasteiger charge is -2.09. The molecule has 0 aliphatic carbocycles. The Hall–Kier alpha value is -0.210. The predicted octanol–water partition coefficient (Wildman–Crippen LogP) is 3.87. The summed E-state index contributed by atoms with van der Waals surface area (Å²) in [4.78, 5) is 0. The molecule has 4 heteroatoms. The molecule has 1 rings (SSSR count). The lowest BCUT2D eigenvalue weighted by atomic mass is 10.1. The SMILES string of the molecule is C=CC(O)c1cc(Cl)c(Cl)cc1Cl. The van der Waals surface area contributed by atoms with Crippen molar-refractivity contribution in [2.75, 3.05) is 0 Å².